The van der Waals surface area contributed by atoms with Gasteiger partial charge in [0.2, 0.25) is 5.91 Å². The maximum atomic E-state index is 11.7. The van der Waals surface area contributed by atoms with Gasteiger partial charge in [-0.15, -0.1) is 0 Å². The van der Waals surface area contributed by atoms with Crippen molar-refractivity contribution in [1.29, 1.82) is 0 Å². The number of amides is 1. The van der Waals surface area contributed by atoms with Crippen LogP contribution >= 0.6 is 0 Å². The predicted octanol–water partition coefficient (Wildman–Crippen LogP) is 0.698. The van der Waals surface area contributed by atoms with E-state index < -0.39 is 5.97 Å². The van der Waals surface area contributed by atoms with Gasteiger partial charge in [0.25, 0.3) is 0 Å². The molecule has 1 heterocycles. The fourth-order valence-electron chi connectivity index (χ4n) is 2.35. The number of hydrogen-bond donors (Lipinski definition) is 2. The summed E-state index contributed by atoms with van der Waals surface area (Å²) < 4.78 is 0. The molecule has 0 aliphatic carbocycles. The highest BCUT2D eigenvalue weighted by molar-refractivity contribution is 5.77. The molecular weight excluding hydrogens is 220 g/mol. The van der Waals surface area contributed by atoms with E-state index in [1.54, 1.807) is 6.92 Å². The highest BCUT2D eigenvalue weighted by atomic mass is 16.4. The molecule has 1 rings (SSSR count). The quantitative estimate of drug-likeness (QED) is 0.744. The average Bonchev–Trinajstić information content (AvgIpc) is 2.14. The Bertz CT molecular complexity index is 281. The van der Waals surface area contributed by atoms with Gasteiger partial charge in [0, 0.05) is 19.0 Å². The molecule has 1 fully saturated rings. The summed E-state index contributed by atoms with van der Waals surface area (Å²) in [6.45, 7) is 3.79. The molecule has 5 heteroatoms. The molecule has 2 atom stereocenters. The zero-order chi connectivity index (χ0) is 12.8. The molecule has 17 heavy (non-hydrogen) atoms. The number of nitrogens with one attached hydrogen (secondary N) is 1. The van der Waals surface area contributed by atoms with Gasteiger partial charge in [-0.25, -0.2) is 0 Å². The fraction of sp³-hybridized carbons (Fsp3) is 0.833. The van der Waals surface area contributed by atoms with Gasteiger partial charge in [-0.3, -0.25) is 9.59 Å². The number of aliphatic carboxylic acids is 1. The number of nitrogens with zero attached hydrogens (tertiary/aromatic N) is 1. The van der Waals surface area contributed by atoms with E-state index in [0.717, 1.165) is 25.9 Å². The summed E-state index contributed by atoms with van der Waals surface area (Å²) >= 11 is 0. The minimum absolute atomic E-state index is 0.0176. The second-order valence-electron chi connectivity index (χ2n) is 5.04. The van der Waals surface area contributed by atoms with E-state index in [1.807, 2.05) is 0 Å². The van der Waals surface area contributed by atoms with Crippen molar-refractivity contribution in [3.63, 3.8) is 0 Å². The van der Waals surface area contributed by atoms with Crippen molar-refractivity contribution in [2.24, 2.45) is 5.92 Å². The summed E-state index contributed by atoms with van der Waals surface area (Å²) in [7, 11) is 2.07. The van der Waals surface area contributed by atoms with E-state index in [0.29, 0.717) is 12.3 Å². The van der Waals surface area contributed by atoms with Crippen molar-refractivity contribution in [3.8, 4) is 0 Å². The van der Waals surface area contributed by atoms with Crippen LogP contribution in [0.2, 0.25) is 0 Å². The van der Waals surface area contributed by atoms with Crippen molar-refractivity contribution >= 4 is 11.9 Å². The molecule has 0 aromatic carbocycles. The van der Waals surface area contributed by atoms with Crippen molar-refractivity contribution < 1.29 is 14.7 Å². The minimum Gasteiger partial charge on any atom is -0.481 e. The van der Waals surface area contributed by atoms with Gasteiger partial charge in [0.1, 0.15) is 0 Å². The van der Waals surface area contributed by atoms with E-state index in [4.69, 9.17) is 5.11 Å². The van der Waals surface area contributed by atoms with Crippen LogP contribution in [0.4, 0.5) is 0 Å². The zero-order valence-corrected chi connectivity index (χ0v) is 10.6. The lowest BCUT2D eigenvalue weighted by Gasteiger charge is -2.29. The van der Waals surface area contributed by atoms with Crippen molar-refractivity contribution in [2.75, 3.05) is 20.1 Å². The SMILES string of the molecule is CC(CC(=O)O)NC(=O)CC1CCCN(C)C1. The van der Waals surface area contributed by atoms with Crippen LogP contribution in [-0.2, 0) is 9.59 Å². The smallest absolute Gasteiger partial charge is 0.305 e. The first-order valence-corrected chi connectivity index (χ1v) is 6.17. The highest BCUT2D eigenvalue weighted by Crippen LogP contribution is 2.18. The largest absolute Gasteiger partial charge is 0.481 e. The molecule has 98 valence electrons. The van der Waals surface area contributed by atoms with Crippen molar-refractivity contribution in [2.45, 2.75) is 38.6 Å². The lowest BCUT2D eigenvalue weighted by Crippen LogP contribution is -2.38. The van der Waals surface area contributed by atoms with Gasteiger partial charge in [-0.2, -0.15) is 0 Å². The predicted molar refractivity (Wildman–Crippen MR) is 64.7 cm³/mol. The number of carbonyl (C=O) groups excluding carboxylic acids is 1. The summed E-state index contributed by atoms with van der Waals surface area (Å²) in [6.07, 6.45) is 2.72. The number of carboxylic acids is 1. The maximum absolute atomic E-state index is 11.7. The summed E-state index contributed by atoms with van der Waals surface area (Å²) in [5.41, 5.74) is 0. The van der Waals surface area contributed by atoms with E-state index in [9.17, 15) is 9.59 Å². The molecule has 1 saturated heterocycles. The number of hydrogen-bond acceptors (Lipinski definition) is 3. The number of rotatable bonds is 5. The van der Waals surface area contributed by atoms with E-state index in [1.165, 1.54) is 0 Å². The highest BCUT2D eigenvalue weighted by Gasteiger charge is 2.20. The molecule has 1 aliphatic rings. The Labute approximate surface area is 102 Å². The normalized spacial score (nSPS) is 23.1. The van der Waals surface area contributed by atoms with Crippen LogP contribution in [0, 0.1) is 5.92 Å². The molecule has 0 spiro atoms. The molecule has 0 radical (unpaired) electrons. The first-order chi connectivity index (χ1) is 7.97. The van der Waals surface area contributed by atoms with E-state index in [2.05, 4.69) is 17.3 Å². The van der Waals surface area contributed by atoms with Gasteiger partial charge < -0.3 is 15.3 Å². The molecule has 0 aromatic heterocycles. The summed E-state index contributed by atoms with van der Waals surface area (Å²) in [5, 5.41) is 11.3. The molecule has 5 nitrogen and oxygen atoms in total. The Kier molecular flexibility index (Phi) is 5.41. The molecular formula is C12H22N2O3. The molecule has 1 amide bonds. The molecule has 2 N–H and O–H groups in total. The van der Waals surface area contributed by atoms with Gasteiger partial charge >= 0.3 is 5.97 Å². The van der Waals surface area contributed by atoms with Crippen molar-refractivity contribution in [1.82, 2.24) is 10.2 Å². The van der Waals surface area contributed by atoms with Crippen LogP contribution in [0.1, 0.15) is 32.6 Å². The Hall–Kier alpha value is -1.10. The number of likely N-dealkylation sites (tertiary alicyclic amines) is 1. The monoisotopic (exact) mass is 242 g/mol. The van der Waals surface area contributed by atoms with Gasteiger partial charge in [-0.1, -0.05) is 0 Å². The summed E-state index contributed by atoms with van der Waals surface area (Å²) in [6, 6.07) is -0.290. The Balaban J connectivity index is 2.26. The third kappa shape index (κ3) is 5.68. The lowest BCUT2D eigenvalue weighted by atomic mass is 9.95. The van der Waals surface area contributed by atoms with Crippen LogP contribution < -0.4 is 5.32 Å². The summed E-state index contributed by atoms with van der Waals surface area (Å²) in [5.74, 6) is -0.500. The zero-order valence-electron chi connectivity index (χ0n) is 10.6. The standard InChI is InChI=1S/C12H22N2O3/c1-9(6-12(16)17)13-11(15)7-10-4-3-5-14(2)8-10/h9-10H,3-8H2,1-2H3,(H,13,15)(H,16,17). The first-order valence-electron chi connectivity index (χ1n) is 6.17. The second kappa shape index (κ2) is 6.59. The lowest BCUT2D eigenvalue weighted by molar-refractivity contribution is -0.137. The van der Waals surface area contributed by atoms with Gasteiger partial charge in [0.15, 0.2) is 0 Å². The van der Waals surface area contributed by atoms with Crippen LogP contribution in [0.5, 0.6) is 0 Å². The summed E-state index contributed by atoms with van der Waals surface area (Å²) in [4.78, 5) is 24.4. The Morgan fingerprint density at radius 2 is 2.24 bits per heavy atom. The van der Waals surface area contributed by atoms with Crippen LogP contribution in [0.15, 0.2) is 0 Å². The Morgan fingerprint density at radius 3 is 2.82 bits per heavy atom. The average molecular weight is 242 g/mol. The van der Waals surface area contributed by atoms with E-state index >= 15 is 0 Å². The van der Waals surface area contributed by atoms with Crippen molar-refractivity contribution in [3.05, 3.63) is 0 Å². The molecule has 0 aromatic rings. The second-order valence-corrected chi connectivity index (χ2v) is 5.04. The van der Waals surface area contributed by atoms with E-state index in [-0.39, 0.29) is 18.4 Å². The molecule has 0 saturated carbocycles. The third-order valence-electron chi connectivity index (χ3n) is 3.08. The maximum Gasteiger partial charge on any atom is 0.305 e. The fourth-order valence-corrected chi connectivity index (χ4v) is 2.35. The molecule has 2 unspecified atom stereocenters. The molecule has 1 aliphatic heterocycles. The topological polar surface area (TPSA) is 69.6 Å². The number of piperidine rings is 1. The van der Waals surface area contributed by atoms with Crippen LogP contribution in [0.3, 0.4) is 0 Å². The first kappa shape index (κ1) is 14.0. The third-order valence-corrected chi connectivity index (χ3v) is 3.08. The van der Waals surface area contributed by atoms with Crippen LogP contribution in [0.25, 0.3) is 0 Å². The van der Waals surface area contributed by atoms with Crippen LogP contribution in [-0.4, -0.2) is 48.1 Å². The minimum atomic E-state index is -0.879. The number of carboxylic acid groups (broad SMARTS) is 1. The van der Waals surface area contributed by atoms with Gasteiger partial charge in [-0.05, 0) is 39.3 Å². The Morgan fingerprint density at radius 1 is 1.53 bits per heavy atom. The molecule has 0 bridgehead atoms. The van der Waals surface area contributed by atoms with Gasteiger partial charge in [0.05, 0.1) is 6.42 Å². The number of carbonyl (C=O) groups is 2.